The van der Waals surface area contributed by atoms with E-state index in [9.17, 15) is 0 Å². The van der Waals surface area contributed by atoms with E-state index in [1.165, 1.54) is 11.4 Å². The molecule has 2 N–H and O–H groups in total. The second kappa shape index (κ2) is 2.95. The Hall–Kier alpha value is -1.18. The molecule has 1 unspecified atom stereocenters. The molecule has 0 aromatic carbocycles. The van der Waals surface area contributed by atoms with E-state index in [1.54, 1.807) is 0 Å². The van der Waals surface area contributed by atoms with Gasteiger partial charge >= 0.3 is 0 Å². The fourth-order valence-corrected chi connectivity index (χ4v) is 2.10. The second-order valence-electron chi connectivity index (χ2n) is 3.81. The van der Waals surface area contributed by atoms with Crippen molar-refractivity contribution in [3.63, 3.8) is 0 Å². The van der Waals surface area contributed by atoms with Gasteiger partial charge < -0.3 is 10.3 Å². The van der Waals surface area contributed by atoms with Gasteiger partial charge in [-0.25, -0.2) is 0 Å². The molecule has 0 saturated carbocycles. The molecule has 1 atom stereocenters. The van der Waals surface area contributed by atoms with E-state index in [4.69, 9.17) is 0 Å². The molecule has 1 aromatic rings. The zero-order valence-electron chi connectivity index (χ0n) is 8.06. The van der Waals surface area contributed by atoms with Gasteiger partial charge in [0.25, 0.3) is 0 Å². The predicted molar refractivity (Wildman–Crippen MR) is 56.0 cm³/mol. The highest BCUT2D eigenvalue weighted by Gasteiger charge is 2.34. The van der Waals surface area contributed by atoms with Crippen molar-refractivity contribution in [2.24, 2.45) is 0 Å². The smallest absolute Gasteiger partial charge is 0.107 e. The Morgan fingerprint density at radius 2 is 2.54 bits per heavy atom. The minimum absolute atomic E-state index is 0.226. The van der Waals surface area contributed by atoms with E-state index in [1.807, 2.05) is 12.3 Å². The van der Waals surface area contributed by atoms with Crippen molar-refractivity contribution in [3.8, 4) is 0 Å². The van der Waals surface area contributed by atoms with Gasteiger partial charge in [-0.05, 0) is 30.9 Å². The molecule has 1 aliphatic heterocycles. The third-order valence-corrected chi connectivity index (χ3v) is 2.96. The lowest BCUT2D eigenvalue weighted by atomic mass is 9.89. The molecule has 1 aliphatic rings. The van der Waals surface area contributed by atoms with Gasteiger partial charge in [0.2, 0.25) is 0 Å². The monoisotopic (exact) mass is 176 g/mol. The van der Waals surface area contributed by atoms with Gasteiger partial charge in [0.05, 0.1) is 0 Å². The SMILES string of the molecule is C=CCC1(CC)Cc2cc[nH]c2N1. The Bertz CT molecular complexity index is 291. The Labute approximate surface area is 79.0 Å². The normalized spacial score (nSPS) is 25.3. The lowest BCUT2D eigenvalue weighted by Crippen LogP contribution is -2.34. The molecular weight excluding hydrogens is 160 g/mol. The fraction of sp³-hybridized carbons (Fsp3) is 0.455. The van der Waals surface area contributed by atoms with Crippen LogP contribution in [0.4, 0.5) is 5.82 Å². The predicted octanol–water partition coefficient (Wildman–Crippen LogP) is 2.71. The van der Waals surface area contributed by atoms with Crippen LogP contribution in [-0.2, 0) is 6.42 Å². The third kappa shape index (κ3) is 1.26. The van der Waals surface area contributed by atoms with Crippen LogP contribution in [0.15, 0.2) is 24.9 Å². The lowest BCUT2D eigenvalue weighted by molar-refractivity contribution is 0.471. The molecule has 0 bridgehead atoms. The number of aromatic amines is 1. The number of nitrogens with one attached hydrogen (secondary N) is 2. The summed E-state index contributed by atoms with van der Waals surface area (Å²) < 4.78 is 0. The van der Waals surface area contributed by atoms with Crippen LogP contribution in [0.2, 0.25) is 0 Å². The molecule has 70 valence electrons. The van der Waals surface area contributed by atoms with E-state index in [2.05, 4.69) is 29.9 Å². The zero-order chi connectivity index (χ0) is 9.31. The standard InChI is InChI=1S/C11H16N2/c1-3-6-11(4-2)8-9-5-7-12-10(9)13-11/h3,5,7,12-13H,1,4,6,8H2,2H3. The van der Waals surface area contributed by atoms with Crippen LogP contribution in [0.1, 0.15) is 25.3 Å². The average molecular weight is 176 g/mol. The van der Waals surface area contributed by atoms with Crippen LogP contribution < -0.4 is 5.32 Å². The summed E-state index contributed by atoms with van der Waals surface area (Å²) in [6.45, 7) is 6.04. The number of rotatable bonds is 3. The van der Waals surface area contributed by atoms with Crippen molar-refractivity contribution >= 4 is 5.82 Å². The summed E-state index contributed by atoms with van der Waals surface area (Å²) >= 11 is 0. The third-order valence-electron chi connectivity index (χ3n) is 2.96. The van der Waals surface area contributed by atoms with E-state index in [0.717, 1.165) is 19.3 Å². The van der Waals surface area contributed by atoms with Crippen molar-refractivity contribution in [2.75, 3.05) is 5.32 Å². The van der Waals surface area contributed by atoms with Crippen molar-refractivity contribution in [1.82, 2.24) is 4.98 Å². The van der Waals surface area contributed by atoms with E-state index in [0.29, 0.717) is 0 Å². The van der Waals surface area contributed by atoms with Gasteiger partial charge in [-0.1, -0.05) is 13.0 Å². The molecule has 0 radical (unpaired) electrons. The molecule has 2 heterocycles. The molecule has 0 amide bonds. The summed E-state index contributed by atoms with van der Waals surface area (Å²) in [7, 11) is 0. The summed E-state index contributed by atoms with van der Waals surface area (Å²) in [5.41, 5.74) is 1.63. The zero-order valence-corrected chi connectivity index (χ0v) is 8.06. The largest absolute Gasteiger partial charge is 0.365 e. The summed E-state index contributed by atoms with van der Waals surface area (Å²) in [5, 5.41) is 3.55. The van der Waals surface area contributed by atoms with Crippen LogP contribution >= 0.6 is 0 Å². The highest BCUT2D eigenvalue weighted by Crippen LogP contribution is 2.35. The van der Waals surface area contributed by atoms with Crippen molar-refractivity contribution in [2.45, 2.75) is 31.7 Å². The first-order valence-corrected chi connectivity index (χ1v) is 4.85. The Morgan fingerprint density at radius 3 is 3.15 bits per heavy atom. The van der Waals surface area contributed by atoms with Crippen LogP contribution in [0.25, 0.3) is 0 Å². The topological polar surface area (TPSA) is 27.8 Å². The maximum absolute atomic E-state index is 3.81. The Morgan fingerprint density at radius 1 is 1.69 bits per heavy atom. The molecule has 0 aliphatic carbocycles. The lowest BCUT2D eigenvalue weighted by Gasteiger charge is -2.27. The van der Waals surface area contributed by atoms with Gasteiger partial charge in [0, 0.05) is 11.7 Å². The highest BCUT2D eigenvalue weighted by atomic mass is 15.1. The molecule has 0 fully saturated rings. The average Bonchev–Trinajstić information content (AvgIpc) is 2.63. The van der Waals surface area contributed by atoms with Crippen LogP contribution in [0, 0.1) is 0 Å². The number of aromatic nitrogens is 1. The van der Waals surface area contributed by atoms with Crippen LogP contribution in [-0.4, -0.2) is 10.5 Å². The van der Waals surface area contributed by atoms with Gasteiger partial charge in [-0.2, -0.15) is 0 Å². The van der Waals surface area contributed by atoms with Crippen molar-refractivity contribution in [1.29, 1.82) is 0 Å². The molecule has 1 aromatic heterocycles. The van der Waals surface area contributed by atoms with Crippen molar-refractivity contribution < 1.29 is 0 Å². The van der Waals surface area contributed by atoms with E-state index >= 15 is 0 Å². The highest BCUT2D eigenvalue weighted by molar-refractivity contribution is 5.54. The molecular formula is C11H16N2. The van der Waals surface area contributed by atoms with Crippen molar-refractivity contribution in [3.05, 3.63) is 30.5 Å². The summed E-state index contributed by atoms with van der Waals surface area (Å²) in [5.74, 6) is 1.20. The van der Waals surface area contributed by atoms with Gasteiger partial charge in [0.1, 0.15) is 5.82 Å². The first-order chi connectivity index (χ1) is 6.29. The fourth-order valence-electron chi connectivity index (χ4n) is 2.10. The maximum Gasteiger partial charge on any atom is 0.107 e. The van der Waals surface area contributed by atoms with Crippen LogP contribution in [0.5, 0.6) is 0 Å². The minimum atomic E-state index is 0.226. The molecule has 2 heteroatoms. The first-order valence-electron chi connectivity index (χ1n) is 4.85. The molecule has 13 heavy (non-hydrogen) atoms. The molecule has 2 nitrogen and oxygen atoms in total. The minimum Gasteiger partial charge on any atom is -0.365 e. The number of H-pyrrole nitrogens is 1. The number of fused-ring (bicyclic) bond motifs is 1. The molecule has 0 saturated heterocycles. The number of anilines is 1. The second-order valence-corrected chi connectivity index (χ2v) is 3.81. The van der Waals surface area contributed by atoms with Gasteiger partial charge in [0.15, 0.2) is 0 Å². The van der Waals surface area contributed by atoms with Crippen LogP contribution in [0.3, 0.4) is 0 Å². The molecule has 2 rings (SSSR count). The summed E-state index contributed by atoms with van der Waals surface area (Å²) in [6, 6.07) is 2.16. The summed E-state index contributed by atoms with van der Waals surface area (Å²) in [6.07, 6.45) is 7.29. The maximum atomic E-state index is 3.81. The Balaban J connectivity index is 2.21. The summed E-state index contributed by atoms with van der Waals surface area (Å²) in [4.78, 5) is 3.22. The van der Waals surface area contributed by atoms with Gasteiger partial charge in [-0.15, -0.1) is 6.58 Å². The van der Waals surface area contributed by atoms with E-state index in [-0.39, 0.29) is 5.54 Å². The molecule has 0 spiro atoms. The first kappa shape index (κ1) is 8.42. The van der Waals surface area contributed by atoms with E-state index < -0.39 is 0 Å². The van der Waals surface area contributed by atoms with Gasteiger partial charge in [-0.3, -0.25) is 0 Å². The quantitative estimate of drug-likeness (QED) is 0.681. The Kier molecular flexibility index (Phi) is 1.91. The number of hydrogen-bond acceptors (Lipinski definition) is 1. The number of hydrogen-bond donors (Lipinski definition) is 2.